The molecule has 0 aliphatic rings. The predicted molar refractivity (Wildman–Crippen MR) is 67.6 cm³/mol. The summed E-state index contributed by atoms with van der Waals surface area (Å²) in [4.78, 5) is 0. The van der Waals surface area contributed by atoms with Crippen LogP contribution in [0.2, 0.25) is 0 Å². The number of rotatable bonds is 4. The van der Waals surface area contributed by atoms with Gasteiger partial charge in [0.15, 0.2) is 0 Å². The molecule has 0 bridgehead atoms. The van der Waals surface area contributed by atoms with Crippen molar-refractivity contribution in [1.82, 2.24) is 0 Å². The van der Waals surface area contributed by atoms with E-state index in [0.717, 1.165) is 6.42 Å². The molecule has 3 heteroatoms. The van der Waals surface area contributed by atoms with Gasteiger partial charge in [-0.2, -0.15) is 0 Å². The van der Waals surface area contributed by atoms with Crippen LogP contribution in [0.5, 0.6) is 5.75 Å². The van der Waals surface area contributed by atoms with Crippen LogP contribution < -0.4 is 4.74 Å². The molecule has 0 heterocycles. The van der Waals surface area contributed by atoms with E-state index in [1.165, 1.54) is 18.2 Å². The van der Waals surface area contributed by atoms with E-state index >= 15 is 0 Å². The maximum absolute atomic E-state index is 13.9. The number of hydrogen-bond acceptors (Lipinski definition) is 1. The molecule has 0 fully saturated rings. The number of ether oxygens (including phenoxy) is 1. The minimum atomic E-state index is -0.366. The second-order valence-electron chi connectivity index (χ2n) is 4.00. The summed E-state index contributed by atoms with van der Waals surface area (Å²) in [5, 5.41) is 0. The monoisotopic (exact) mass is 248 g/mol. The summed E-state index contributed by atoms with van der Waals surface area (Å²) in [7, 11) is 0. The molecule has 0 N–H and O–H groups in total. The smallest absolute Gasteiger partial charge is 0.134 e. The van der Waals surface area contributed by atoms with Gasteiger partial charge in [0.25, 0.3) is 0 Å². The molecule has 0 amide bonds. The lowest BCUT2D eigenvalue weighted by Gasteiger charge is -2.07. The van der Waals surface area contributed by atoms with Crippen molar-refractivity contribution < 1.29 is 13.5 Å². The molecule has 0 aliphatic heterocycles. The topological polar surface area (TPSA) is 9.23 Å². The van der Waals surface area contributed by atoms with E-state index in [0.29, 0.717) is 23.5 Å². The molecular weight excluding hydrogens is 234 g/mol. The maximum atomic E-state index is 13.9. The summed E-state index contributed by atoms with van der Waals surface area (Å²) in [6.45, 7) is 2.55. The van der Waals surface area contributed by atoms with Gasteiger partial charge in [-0.25, -0.2) is 8.78 Å². The van der Waals surface area contributed by atoms with Crippen LogP contribution in [0.1, 0.15) is 13.3 Å². The quantitative estimate of drug-likeness (QED) is 0.778. The summed E-state index contributed by atoms with van der Waals surface area (Å²) >= 11 is 0. The van der Waals surface area contributed by atoms with Gasteiger partial charge >= 0.3 is 0 Å². The van der Waals surface area contributed by atoms with Crippen LogP contribution in [-0.4, -0.2) is 6.61 Å². The largest absolute Gasteiger partial charge is 0.494 e. The highest BCUT2D eigenvalue weighted by Gasteiger charge is 2.06. The van der Waals surface area contributed by atoms with Crippen molar-refractivity contribution in [2.75, 3.05) is 6.61 Å². The van der Waals surface area contributed by atoms with Crippen LogP contribution in [0, 0.1) is 11.6 Å². The Morgan fingerprint density at radius 3 is 2.33 bits per heavy atom. The zero-order valence-electron chi connectivity index (χ0n) is 10.1. The van der Waals surface area contributed by atoms with Crippen LogP contribution in [0.4, 0.5) is 8.78 Å². The molecule has 18 heavy (non-hydrogen) atoms. The van der Waals surface area contributed by atoms with Gasteiger partial charge in [0.05, 0.1) is 6.61 Å². The van der Waals surface area contributed by atoms with Crippen LogP contribution in [-0.2, 0) is 0 Å². The Morgan fingerprint density at radius 1 is 1.00 bits per heavy atom. The van der Waals surface area contributed by atoms with E-state index in [1.807, 2.05) is 6.92 Å². The molecule has 0 saturated carbocycles. The highest BCUT2D eigenvalue weighted by molar-refractivity contribution is 5.64. The molecule has 0 unspecified atom stereocenters. The fourth-order valence-electron chi connectivity index (χ4n) is 1.67. The van der Waals surface area contributed by atoms with E-state index in [1.54, 1.807) is 24.3 Å². The van der Waals surface area contributed by atoms with Crippen molar-refractivity contribution >= 4 is 0 Å². The fraction of sp³-hybridized carbons (Fsp3) is 0.200. The second kappa shape index (κ2) is 5.63. The van der Waals surface area contributed by atoms with Crippen molar-refractivity contribution in [3.8, 4) is 16.9 Å². The van der Waals surface area contributed by atoms with Gasteiger partial charge in [-0.05, 0) is 36.2 Å². The molecule has 0 saturated heterocycles. The first-order chi connectivity index (χ1) is 8.70. The van der Waals surface area contributed by atoms with Gasteiger partial charge in [-0.3, -0.25) is 0 Å². The van der Waals surface area contributed by atoms with Gasteiger partial charge in [-0.1, -0.05) is 19.1 Å². The first kappa shape index (κ1) is 12.6. The summed E-state index contributed by atoms with van der Waals surface area (Å²) in [5.41, 5.74) is 1.09. The van der Waals surface area contributed by atoms with Crippen LogP contribution in [0.3, 0.4) is 0 Å². The van der Waals surface area contributed by atoms with Crippen molar-refractivity contribution in [2.45, 2.75) is 13.3 Å². The Morgan fingerprint density at radius 2 is 1.72 bits per heavy atom. The van der Waals surface area contributed by atoms with E-state index < -0.39 is 0 Å². The highest BCUT2D eigenvalue weighted by atomic mass is 19.1. The second-order valence-corrected chi connectivity index (χ2v) is 4.00. The van der Waals surface area contributed by atoms with Gasteiger partial charge in [0.1, 0.15) is 17.4 Å². The van der Waals surface area contributed by atoms with E-state index in [9.17, 15) is 8.78 Å². The SMILES string of the molecule is CCCOc1ccc(-c2ccc(F)cc2)c(F)c1. The standard InChI is InChI=1S/C15H14F2O/c1-2-9-18-13-7-8-14(15(17)10-13)11-3-5-12(16)6-4-11/h3-8,10H,2,9H2,1H3. The summed E-state index contributed by atoms with van der Waals surface area (Å²) in [6, 6.07) is 10.5. The minimum Gasteiger partial charge on any atom is -0.494 e. The van der Waals surface area contributed by atoms with E-state index in [-0.39, 0.29) is 11.6 Å². The first-order valence-electron chi connectivity index (χ1n) is 5.89. The first-order valence-corrected chi connectivity index (χ1v) is 5.89. The average Bonchev–Trinajstić information content (AvgIpc) is 2.38. The van der Waals surface area contributed by atoms with Gasteiger partial charge in [-0.15, -0.1) is 0 Å². The normalized spacial score (nSPS) is 10.4. The third kappa shape index (κ3) is 2.86. The Bertz CT molecular complexity index is 521. The fourth-order valence-corrected chi connectivity index (χ4v) is 1.67. The third-order valence-electron chi connectivity index (χ3n) is 2.57. The lowest BCUT2D eigenvalue weighted by atomic mass is 10.1. The maximum Gasteiger partial charge on any atom is 0.134 e. The van der Waals surface area contributed by atoms with Crippen molar-refractivity contribution in [3.05, 3.63) is 54.1 Å². The lowest BCUT2D eigenvalue weighted by molar-refractivity contribution is 0.316. The summed E-state index contributed by atoms with van der Waals surface area (Å²) in [5.74, 6) is -0.183. The van der Waals surface area contributed by atoms with E-state index in [2.05, 4.69) is 0 Å². The molecule has 2 aromatic carbocycles. The predicted octanol–water partition coefficient (Wildman–Crippen LogP) is 4.42. The highest BCUT2D eigenvalue weighted by Crippen LogP contribution is 2.26. The molecule has 0 aromatic heterocycles. The number of hydrogen-bond donors (Lipinski definition) is 0. The molecule has 2 rings (SSSR count). The Labute approximate surface area is 105 Å². The Kier molecular flexibility index (Phi) is 3.92. The molecule has 0 aliphatic carbocycles. The Hall–Kier alpha value is -1.90. The molecule has 94 valence electrons. The Balaban J connectivity index is 2.26. The number of halogens is 2. The van der Waals surface area contributed by atoms with Gasteiger partial charge < -0.3 is 4.74 Å². The van der Waals surface area contributed by atoms with E-state index in [4.69, 9.17) is 4.74 Å². The molecule has 0 atom stereocenters. The molecular formula is C15H14F2O. The van der Waals surface area contributed by atoms with Crippen LogP contribution >= 0.6 is 0 Å². The van der Waals surface area contributed by atoms with Gasteiger partial charge in [0.2, 0.25) is 0 Å². The minimum absolute atomic E-state index is 0.331. The zero-order chi connectivity index (χ0) is 13.0. The van der Waals surface area contributed by atoms with Crippen molar-refractivity contribution in [1.29, 1.82) is 0 Å². The molecule has 1 nitrogen and oxygen atoms in total. The van der Waals surface area contributed by atoms with Crippen LogP contribution in [0.15, 0.2) is 42.5 Å². The molecule has 0 spiro atoms. The molecule has 0 radical (unpaired) electrons. The average molecular weight is 248 g/mol. The third-order valence-corrected chi connectivity index (χ3v) is 2.57. The van der Waals surface area contributed by atoms with Gasteiger partial charge in [0, 0.05) is 11.6 Å². The summed E-state index contributed by atoms with van der Waals surface area (Å²) < 4.78 is 32.0. The summed E-state index contributed by atoms with van der Waals surface area (Å²) in [6.07, 6.45) is 0.876. The van der Waals surface area contributed by atoms with Crippen LogP contribution in [0.25, 0.3) is 11.1 Å². The van der Waals surface area contributed by atoms with Crippen molar-refractivity contribution in [2.24, 2.45) is 0 Å². The van der Waals surface area contributed by atoms with Crippen molar-refractivity contribution in [3.63, 3.8) is 0 Å². The lowest BCUT2D eigenvalue weighted by Crippen LogP contribution is -1.96. The molecule has 2 aromatic rings. The number of benzene rings is 2. The zero-order valence-corrected chi connectivity index (χ0v) is 10.1.